The van der Waals surface area contributed by atoms with Crippen molar-refractivity contribution in [2.45, 2.75) is 52.3 Å². The molecule has 0 aliphatic carbocycles. The number of aromatic nitrogens is 3. The van der Waals surface area contributed by atoms with Gasteiger partial charge >= 0.3 is 0 Å². The number of likely N-dealkylation sites (tertiary alicyclic amines) is 1. The van der Waals surface area contributed by atoms with Crippen LogP contribution in [0.4, 0.5) is 5.95 Å². The highest BCUT2D eigenvalue weighted by molar-refractivity contribution is 5.61. The highest BCUT2D eigenvalue weighted by atomic mass is 16.5. The van der Waals surface area contributed by atoms with Crippen molar-refractivity contribution < 1.29 is 9.26 Å². The quantitative estimate of drug-likeness (QED) is 0.551. The zero-order chi connectivity index (χ0) is 22.0. The predicted molar refractivity (Wildman–Crippen MR) is 121 cm³/mol. The summed E-state index contributed by atoms with van der Waals surface area (Å²) in [5.41, 5.74) is 4.01. The Labute approximate surface area is 184 Å². The van der Waals surface area contributed by atoms with Gasteiger partial charge in [-0.25, -0.2) is 9.97 Å². The van der Waals surface area contributed by atoms with Crippen LogP contribution >= 0.6 is 0 Å². The van der Waals surface area contributed by atoms with Gasteiger partial charge in [0.2, 0.25) is 5.95 Å². The van der Waals surface area contributed by atoms with Crippen molar-refractivity contribution >= 4 is 5.95 Å². The lowest BCUT2D eigenvalue weighted by atomic mass is 10.0. The molecule has 0 saturated carbocycles. The standard InChI is InChI=1S/C24H31N5O2/c1-16(2)30-19-9-6-8-18(13-19)15-29-11-7-10-21(29)23-20(22-12-17(3)27-31-22)14-25-24(26-23)28(4)5/h6,8-9,12-14,16,21H,7,10-11,15H2,1-5H3/t21-/m0/s1. The molecule has 1 aliphatic heterocycles. The Morgan fingerprint density at radius 3 is 2.81 bits per heavy atom. The number of nitrogens with zero attached hydrogens (tertiary/aromatic N) is 5. The Kier molecular flexibility index (Phi) is 6.23. The van der Waals surface area contributed by atoms with Crippen LogP contribution < -0.4 is 9.64 Å². The third kappa shape index (κ3) is 4.88. The van der Waals surface area contributed by atoms with E-state index in [0.717, 1.165) is 54.4 Å². The van der Waals surface area contributed by atoms with Gasteiger partial charge in [0.1, 0.15) is 5.75 Å². The van der Waals surface area contributed by atoms with Crippen LogP contribution in [0.25, 0.3) is 11.3 Å². The zero-order valence-corrected chi connectivity index (χ0v) is 19.0. The Bertz CT molecular complexity index is 1030. The van der Waals surface area contributed by atoms with E-state index < -0.39 is 0 Å². The molecule has 1 saturated heterocycles. The van der Waals surface area contributed by atoms with Gasteiger partial charge in [0.05, 0.1) is 29.1 Å². The first kappa shape index (κ1) is 21.3. The Hall–Kier alpha value is -2.93. The van der Waals surface area contributed by atoms with Crippen molar-refractivity contribution in [2.75, 3.05) is 25.5 Å². The smallest absolute Gasteiger partial charge is 0.225 e. The number of anilines is 1. The van der Waals surface area contributed by atoms with E-state index in [1.807, 2.05) is 58.1 Å². The topological polar surface area (TPSA) is 67.5 Å². The van der Waals surface area contributed by atoms with Crippen LogP contribution in [0, 0.1) is 6.92 Å². The van der Waals surface area contributed by atoms with Crippen molar-refractivity contribution in [1.82, 2.24) is 20.0 Å². The SMILES string of the molecule is Cc1cc(-c2cnc(N(C)C)nc2[C@@H]2CCCN2Cc2cccc(OC(C)C)c2)on1. The van der Waals surface area contributed by atoms with Crippen molar-refractivity contribution in [3.05, 3.63) is 53.5 Å². The van der Waals surface area contributed by atoms with Crippen LogP contribution in [0.15, 0.2) is 41.1 Å². The molecule has 31 heavy (non-hydrogen) atoms. The van der Waals surface area contributed by atoms with Crippen molar-refractivity contribution in [3.63, 3.8) is 0 Å². The molecular formula is C24H31N5O2. The summed E-state index contributed by atoms with van der Waals surface area (Å²) in [6.45, 7) is 7.89. The number of ether oxygens (including phenoxy) is 1. The third-order valence-electron chi connectivity index (χ3n) is 5.43. The number of hydrogen-bond acceptors (Lipinski definition) is 7. The average molecular weight is 422 g/mol. The first-order chi connectivity index (χ1) is 14.9. The van der Waals surface area contributed by atoms with E-state index in [2.05, 4.69) is 33.2 Å². The molecular weight excluding hydrogens is 390 g/mol. The summed E-state index contributed by atoms with van der Waals surface area (Å²) in [7, 11) is 3.92. The number of aryl methyl sites for hydroxylation is 1. The van der Waals surface area contributed by atoms with E-state index in [1.165, 1.54) is 5.56 Å². The maximum atomic E-state index is 5.89. The normalized spacial score (nSPS) is 16.8. The monoisotopic (exact) mass is 421 g/mol. The summed E-state index contributed by atoms with van der Waals surface area (Å²) in [6.07, 6.45) is 4.20. The first-order valence-corrected chi connectivity index (χ1v) is 10.9. The molecule has 1 atom stereocenters. The lowest BCUT2D eigenvalue weighted by Gasteiger charge is -2.26. The van der Waals surface area contributed by atoms with Gasteiger partial charge in [-0.05, 0) is 57.9 Å². The molecule has 0 unspecified atom stereocenters. The van der Waals surface area contributed by atoms with Crippen LogP contribution in [-0.4, -0.2) is 46.8 Å². The summed E-state index contributed by atoms with van der Waals surface area (Å²) < 4.78 is 11.5. The van der Waals surface area contributed by atoms with Gasteiger partial charge in [0.25, 0.3) is 0 Å². The maximum absolute atomic E-state index is 5.89. The van der Waals surface area contributed by atoms with E-state index in [9.17, 15) is 0 Å². The fraction of sp³-hybridized carbons (Fsp3) is 0.458. The summed E-state index contributed by atoms with van der Waals surface area (Å²) in [6, 6.07) is 10.5. The summed E-state index contributed by atoms with van der Waals surface area (Å²) in [5, 5.41) is 4.07. The van der Waals surface area contributed by atoms with Gasteiger partial charge in [-0.3, -0.25) is 4.90 Å². The maximum Gasteiger partial charge on any atom is 0.225 e. The van der Waals surface area contributed by atoms with Gasteiger partial charge in [-0.1, -0.05) is 17.3 Å². The van der Waals surface area contributed by atoms with Gasteiger partial charge in [-0.2, -0.15) is 0 Å². The highest BCUT2D eigenvalue weighted by Crippen LogP contribution is 2.38. The van der Waals surface area contributed by atoms with Crippen molar-refractivity contribution in [1.29, 1.82) is 0 Å². The second-order valence-corrected chi connectivity index (χ2v) is 8.64. The molecule has 4 rings (SSSR count). The molecule has 1 fully saturated rings. The zero-order valence-electron chi connectivity index (χ0n) is 19.0. The summed E-state index contributed by atoms with van der Waals surface area (Å²) in [5.74, 6) is 2.34. The Balaban J connectivity index is 1.65. The van der Waals surface area contributed by atoms with Crippen LogP contribution in [0.3, 0.4) is 0 Å². The minimum absolute atomic E-state index is 0.160. The third-order valence-corrected chi connectivity index (χ3v) is 5.43. The molecule has 164 valence electrons. The van der Waals surface area contributed by atoms with Crippen molar-refractivity contribution in [2.24, 2.45) is 0 Å². The molecule has 1 aliphatic rings. The minimum Gasteiger partial charge on any atom is -0.491 e. The lowest BCUT2D eigenvalue weighted by molar-refractivity contribution is 0.236. The van der Waals surface area contributed by atoms with E-state index >= 15 is 0 Å². The fourth-order valence-corrected chi connectivity index (χ4v) is 4.08. The Morgan fingerprint density at radius 1 is 1.26 bits per heavy atom. The molecule has 2 aromatic heterocycles. The van der Waals surface area contributed by atoms with Crippen molar-refractivity contribution in [3.8, 4) is 17.1 Å². The largest absolute Gasteiger partial charge is 0.491 e. The number of benzene rings is 1. The van der Waals surface area contributed by atoms with Gasteiger partial charge < -0.3 is 14.2 Å². The van der Waals surface area contributed by atoms with E-state index in [1.54, 1.807) is 0 Å². The van der Waals surface area contributed by atoms with Crippen LogP contribution in [0.2, 0.25) is 0 Å². The van der Waals surface area contributed by atoms with Gasteiger partial charge in [-0.15, -0.1) is 0 Å². The fourth-order valence-electron chi connectivity index (χ4n) is 4.08. The molecule has 0 N–H and O–H groups in total. The molecule has 7 heteroatoms. The predicted octanol–water partition coefficient (Wildman–Crippen LogP) is 4.63. The first-order valence-electron chi connectivity index (χ1n) is 10.9. The molecule has 0 bridgehead atoms. The summed E-state index contributed by atoms with van der Waals surface area (Å²) >= 11 is 0. The van der Waals surface area contributed by atoms with E-state index in [-0.39, 0.29) is 12.1 Å². The minimum atomic E-state index is 0.160. The van der Waals surface area contributed by atoms with E-state index in [0.29, 0.717) is 5.95 Å². The molecule has 0 amide bonds. The number of hydrogen-bond donors (Lipinski definition) is 0. The highest BCUT2D eigenvalue weighted by Gasteiger charge is 2.31. The molecule has 7 nitrogen and oxygen atoms in total. The average Bonchev–Trinajstić information content (AvgIpc) is 3.36. The van der Waals surface area contributed by atoms with Crippen LogP contribution in [0.1, 0.15) is 49.7 Å². The molecule has 0 radical (unpaired) electrons. The second-order valence-electron chi connectivity index (χ2n) is 8.64. The summed E-state index contributed by atoms with van der Waals surface area (Å²) in [4.78, 5) is 13.9. The molecule has 0 spiro atoms. The Morgan fingerprint density at radius 2 is 2.10 bits per heavy atom. The molecule has 3 heterocycles. The van der Waals surface area contributed by atoms with Crippen LogP contribution in [-0.2, 0) is 6.54 Å². The second kappa shape index (κ2) is 9.06. The van der Waals surface area contributed by atoms with E-state index in [4.69, 9.17) is 14.2 Å². The van der Waals surface area contributed by atoms with Gasteiger partial charge in [0, 0.05) is 32.9 Å². The van der Waals surface area contributed by atoms with Crippen LogP contribution in [0.5, 0.6) is 5.75 Å². The van der Waals surface area contributed by atoms with Gasteiger partial charge in [0.15, 0.2) is 5.76 Å². The number of rotatable bonds is 7. The molecule has 3 aromatic rings. The molecule has 1 aromatic carbocycles. The lowest BCUT2D eigenvalue weighted by Crippen LogP contribution is -2.25.